The zero-order valence-corrected chi connectivity index (χ0v) is 8.38. The molecule has 1 aliphatic rings. The fourth-order valence-corrected chi connectivity index (χ4v) is 2.37. The molecule has 0 radical (unpaired) electrons. The highest BCUT2D eigenvalue weighted by Gasteiger charge is 2.41. The highest BCUT2D eigenvalue weighted by atomic mass is 32.2. The highest BCUT2D eigenvalue weighted by molar-refractivity contribution is 7.89. The topological polar surface area (TPSA) is 86.7 Å². The average molecular weight is 244 g/mol. The molecule has 0 aromatic carbocycles. The Hall–Kier alpha value is -0.800. The minimum Gasteiger partial charge on any atom is -0.480 e. The second-order valence-corrected chi connectivity index (χ2v) is 4.83. The van der Waals surface area contributed by atoms with E-state index in [4.69, 9.17) is 5.11 Å². The normalized spacial score (nSPS) is 24.3. The maximum absolute atomic E-state index is 12.2. The minimum atomic E-state index is -4.81. The number of sulfonamides is 1. The molecule has 0 spiro atoms. The first kappa shape index (κ1) is 12.3. The molecule has 1 saturated heterocycles. The van der Waals surface area contributed by atoms with Gasteiger partial charge in [-0.3, -0.25) is 4.79 Å². The zero-order valence-electron chi connectivity index (χ0n) is 7.56. The Labute approximate surface area is 84.9 Å². The molecule has 6 nitrogen and oxygen atoms in total. The van der Waals surface area contributed by atoms with E-state index < -0.39 is 27.8 Å². The van der Waals surface area contributed by atoms with E-state index in [1.54, 1.807) is 0 Å². The van der Waals surface area contributed by atoms with Crippen molar-refractivity contribution in [2.24, 2.45) is 0 Å². The van der Waals surface area contributed by atoms with Gasteiger partial charge in [-0.2, -0.15) is 13.1 Å². The van der Waals surface area contributed by atoms with Crippen LogP contribution in [0.4, 0.5) is 8.78 Å². The first-order valence-corrected chi connectivity index (χ1v) is 5.60. The fraction of sp³-hybridized carbons (Fsp3) is 0.833. The maximum atomic E-state index is 12.2. The van der Waals surface area contributed by atoms with Crippen molar-refractivity contribution in [2.45, 2.75) is 11.8 Å². The molecule has 0 aliphatic carbocycles. The summed E-state index contributed by atoms with van der Waals surface area (Å²) in [4.78, 5) is 10.6. The number of alkyl halides is 2. The van der Waals surface area contributed by atoms with Gasteiger partial charge in [0, 0.05) is 19.6 Å². The van der Waals surface area contributed by atoms with Crippen LogP contribution in [0.3, 0.4) is 0 Å². The predicted octanol–water partition coefficient (Wildman–Crippen LogP) is -1.10. The Morgan fingerprint density at radius 1 is 1.53 bits per heavy atom. The van der Waals surface area contributed by atoms with Crippen LogP contribution in [0.1, 0.15) is 0 Å². The largest absolute Gasteiger partial charge is 0.480 e. The summed E-state index contributed by atoms with van der Waals surface area (Å²) in [6.07, 6.45) is 0. The lowest BCUT2D eigenvalue weighted by Crippen LogP contribution is -2.57. The average Bonchev–Trinajstić information content (AvgIpc) is 2.17. The highest BCUT2D eigenvalue weighted by Crippen LogP contribution is 2.16. The third-order valence-corrected chi connectivity index (χ3v) is 3.57. The molecule has 1 fully saturated rings. The Morgan fingerprint density at radius 2 is 2.13 bits per heavy atom. The number of hydrogen-bond acceptors (Lipinski definition) is 4. The molecule has 1 rings (SSSR count). The van der Waals surface area contributed by atoms with Crippen molar-refractivity contribution in [1.29, 1.82) is 0 Å². The Kier molecular flexibility index (Phi) is 3.58. The Bertz CT molecular complexity index is 345. The fourth-order valence-electron chi connectivity index (χ4n) is 1.30. The number of carbonyl (C=O) groups is 1. The summed E-state index contributed by atoms with van der Waals surface area (Å²) in [5, 5.41) is 11.3. The molecule has 0 amide bonds. The lowest BCUT2D eigenvalue weighted by molar-refractivity contribution is -0.141. The number of rotatable bonds is 3. The van der Waals surface area contributed by atoms with E-state index in [0.717, 1.165) is 0 Å². The van der Waals surface area contributed by atoms with E-state index in [1.165, 1.54) is 0 Å². The first-order valence-electron chi connectivity index (χ1n) is 4.09. The molecule has 0 bridgehead atoms. The van der Waals surface area contributed by atoms with Gasteiger partial charge in [-0.15, -0.1) is 0 Å². The van der Waals surface area contributed by atoms with Crippen LogP contribution in [-0.2, 0) is 14.8 Å². The quantitative estimate of drug-likeness (QED) is 0.658. The molecule has 2 N–H and O–H groups in total. The zero-order chi connectivity index (χ0) is 11.6. The minimum absolute atomic E-state index is 0.162. The van der Waals surface area contributed by atoms with Crippen molar-refractivity contribution in [3.8, 4) is 0 Å². The van der Waals surface area contributed by atoms with Crippen LogP contribution in [0.15, 0.2) is 0 Å². The summed E-state index contributed by atoms with van der Waals surface area (Å²) in [7, 11) is -4.81. The molecule has 15 heavy (non-hydrogen) atoms. The lowest BCUT2D eigenvalue weighted by atomic mass is 10.2. The summed E-state index contributed by atoms with van der Waals surface area (Å²) >= 11 is 0. The molecule has 0 saturated carbocycles. The molecule has 88 valence electrons. The van der Waals surface area contributed by atoms with Gasteiger partial charge in [0.15, 0.2) is 0 Å². The Balaban J connectivity index is 2.95. The van der Waals surface area contributed by atoms with E-state index in [9.17, 15) is 22.0 Å². The smallest absolute Gasteiger partial charge is 0.350 e. The van der Waals surface area contributed by atoms with Crippen molar-refractivity contribution >= 4 is 16.0 Å². The molecule has 9 heteroatoms. The SMILES string of the molecule is O=C(O)C1CNCCN1S(=O)(=O)C(F)F. The van der Waals surface area contributed by atoms with Crippen molar-refractivity contribution < 1.29 is 27.1 Å². The second kappa shape index (κ2) is 4.37. The monoisotopic (exact) mass is 244 g/mol. The van der Waals surface area contributed by atoms with Crippen LogP contribution in [0.5, 0.6) is 0 Å². The third-order valence-electron chi connectivity index (χ3n) is 2.03. The second-order valence-electron chi connectivity index (χ2n) is 2.97. The van der Waals surface area contributed by atoms with Gasteiger partial charge in [0.2, 0.25) is 0 Å². The van der Waals surface area contributed by atoms with Gasteiger partial charge in [-0.1, -0.05) is 0 Å². The number of carboxylic acids is 1. The summed E-state index contributed by atoms with van der Waals surface area (Å²) in [5.41, 5.74) is 0. The molecule has 1 aliphatic heterocycles. The predicted molar refractivity (Wildman–Crippen MR) is 45.9 cm³/mol. The number of nitrogens with zero attached hydrogens (tertiary/aromatic N) is 1. The van der Waals surface area contributed by atoms with Crippen LogP contribution in [0, 0.1) is 0 Å². The van der Waals surface area contributed by atoms with Gasteiger partial charge in [0.1, 0.15) is 6.04 Å². The first-order chi connectivity index (χ1) is 6.87. The lowest BCUT2D eigenvalue weighted by Gasteiger charge is -2.31. The van der Waals surface area contributed by atoms with Crippen LogP contribution in [0.25, 0.3) is 0 Å². The molecule has 0 aromatic heterocycles. The van der Waals surface area contributed by atoms with Crippen LogP contribution >= 0.6 is 0 Å². The molecular formula is C6H10F2N2O4S. The number of aliphatic carboxylic acids is 1. The van der Waals surface area contributed by atoms with E-state index in [1.807, 2.05) is 0 Å². The van der Waals surface area contributed by atoms with Crippen molar-refractivity contribution in [3.63, 3.8) is 0 Å². The summed E-state index contributed by atoms with van der Waals surface area (Å²) < 4.78 is 46.9. The standard InChI is InChI=1S/C6H10F2N2O4S/c7-6(8)15(13,14)10-2-1-9-3-4(10)5(11)12/h4,6,9H,1-3H2,(H,11,12). The van der Waals surface area contributed by atoms with E-state index in [-0.39, 0.29) is 19.6 Å². The number of hydrogen-bond donors (Lipinski definition) is 2. The van der Waals surface area contributed by atoms with Gasteiger partial charge in [-0.25, -0.2) is 8.42 Å². The molecule has 1 unspecified atom stereocenters. The van der Waals surface area contributed by atoms with E-state index in [0.29, 0.717) is 4.31 Å². The summed E-state index contributed by atoms with van der Waals surface area (Å²) in [6, 6.07) is -1.46. The Morgan fingerprint density at radius 3 is 2.60 bits per heavy atom. The molecular weight excluding hydrogens is 234 g/mol. The molecule has 1 heterocycles. The van der Waals surface area contributed by atoms with Crippen molar-refractivity contribution in [3.05, 3.63) is 0 Å². The number of nitrogens with one attached hydrogen (secondary N) is 1. The van der Waals surface area contributed by atoms with Crippen LogP contribution in [0.2, 0.25) is 0 Å². The van der Waals surface area contributed by atoms with Crippen LogP contribution in [-0.4, -0.2) is 55.2 Å². The number of piperazine rings is 1. The molecule has 1 atom stereocenters. The van der Waals surface area contributed by atoms with Gasteiger partial charge in [0.05, 0.1) is 0 Å². The van der Waals surface area contributed by atoms with Crippen molar-refractivity contribution in [2.75, 3.05) is 19.6 Å². The number of halogens is 2. The summed E-state index contributed by atoms with van der Waals surface area (Å²) in [5.74, 6) is -5.02. The van der Waals surface area contributed by atoms with Gasteiger partial charge in [-0.05, 0) is 0 Å². The van der Waals surface area contributed by atoms with Crippen molar-refractivity contribution in [1.82, 2.24) is 9.62 Å². The number of carboxylic acid groups (broad SMARTS) is 1. The third kappa shape index (κ3) is 2.41. The van der Waals surface area contributed by atoms with E-state index >= 15 is 0 Å². The van der Waals surface area contributed by atoms with Gasteiger partial charge in [0.25, 0.3) is 10.0 Å². The van der Waals surface area contributed by atoms with E-state index in [2.05, 4.69) is 5.32 Å². The van der Waals surface area contributed by atoms with Gasteiger partial charge >= 0.3 is 11.7 Å². The summed E-state index contributed by atoms with van der Waals surface area (Å²) in [6.45, 7) is -0.263. The molecule has 0 aromatic rings. The van der Waals surface area contributed by atoms with Crippen LogP contribution < -0.4 is 5.32 Å². The van der Waals surface area contributed by atoms with Gasteiger partial charge < -0.3 is 10.4 Å². The maximum Gasteiger partial charge on any atom is 0.350 e.